The molecule has 1 N–H and O–H groups in total. The molecule has 2 aromatic carbocycles. The van der Waals surface area contributed by atoms with Crippen LogP contribution in [0.1, 0.15) is 25.0 Å². The number of likely N-dealkylation sites (N-methyl/N-ethyl adjacent to an activating group) is 1. The predicted octanol–water partition coefficient (Wildman–Crippen LogP) is 4.23. The topological polar surface area (TPSA) is 58.6 Å². The molecule has 0 saturated heterocycles. The normalized spacial score (nSPS) is 11.6. The van der Waals surface area contributed by atoms with Crippen LogP contribution in [0.5, 0.6) is 5.75 Å². The molecular weight excluding hydrogens is 399 g/mol. The van der Waals surface area contributed by atoms with Gasteiger partial charge in [0, 0.05) is 18.1 Å². The molecule has 0 heterocycles. The number of nitrogens with one attached hydrogen (secondary N) is 1. The summed E-state index contributed by atoms with van der Waals surface area (Å²) in [5.41, 5.74) is 2.02. The fourth-order valence-electron chi connectivity index (χ4n) is 2.73. The number of amides is 2. The molecule has 5 nitrogen and oxygen atoms in total. The smallest absolute Gasteiger partial charge is 0.261 e. The summed E-state index contributed by atoms with van der Waals surface area (Å²) in [7, 11) is 0. The zero-order valence-electron chi connectivity index (χ0n) is 16.2. The summed E-state index contributed by atoms with van der Waals surface area (Å²) in [4.78, 5) is 26.7. The number of nitrogens with zero attached hydrogens (tertiary/aromatic N) is 1. The van der Waals surface area contributed by atoms with Gasteiger partial charge in [-0.25, -0.2) is 0 Å². The number of aryl methyl sites for hydroxylation is 1. The molecule has 28 heavy (non-hydrogen) atoms. The molecule has 0 bridgehead atoms. The van der Waals surface area contributed by atoms with Crippen LogP contribution in [-0.2, 0) is 16.1 Å². The molecular formula is C21H24Cl2N2O3. The van der Waals surface area contributed by atoms with Crippen LogP contribution in [0.4, 0.5) is 0 Å². The van der Waals surface area contributed by atoms with Gasteiger partial charge in [0.25, 0.3) is 5.91 Å². The van der Waals surface area contributed by atoms with Gasteiger partial charge in [0.05, 0.1) is 5.02 Å². The van der Waals surface area contributed by atoms with Gasteiger partial charge < -0.3 is 15.0 Å². The Kier molecular flexibility index (Phi) is 8.15. The van der Waals surface area contributed by atoms with E-state index in [9.17, 15) is 9.59 Å². The second-order valence-electron chi connectivity index (χ2n) is 6.44. The molecule has 2 rings (SSSR count). The van der Waals surface area contributed by atoms with Crippen molar-refractivity contribution in [1.82, 2.24) is 10.2 Å². The number of halogens is 2. The van der Waals surface area contributed by atoms with Gasteiger partial charge in [-0.1, -0.05) is 53.0 Å². The van der Waals surface area contributed by atoms with Gasteiger partial charge in [0.15, 0.2) is 6.61 Å². The van der Waals surface area contributed by atoms with Crippen molar-refractivity contribution in [2.75, 3.05) is 13.2 Å². The Labute approximate surface area is 175 Å². The Morgan fingerprint density at radius 3 is 2.57 bits per heavy atom. The van der Waals surface area contributed by atoms with E-state index in [-0.39, 0.29) is 18.4 Å². The molecule has 150 valence electrons. The minimum Gasteiger partial charge on any atom is -0.482 e. The summed E-state index contributed by atoms with van der Waals surface area (Å²) in [6.07, 6.45) is 0. The lowest BCUT2D eigenvalue weighted by Gasteiger charge is -2.28. The summed E-state index contributed by atoms with van der Waals surface area (Å²) in [5, 5.41) is 3.56. The fraction of sp³-hybridized carbons (Fsp3) is 0.333. The van der Waals surface area contributed by atoms with Crippen molar-refractivity contribution < 1.29 is 14.3 Å². The lowest BCUT2D eigenvalue weighted by atomic mass is 10.1. The summed E-state index contributed by atoms with van der Waals surface area (Å²) in [5.74, 6) is -0.167. The van der Waals surface area contributed by atoms with Crippen LogP contribution in [0.25, 0.3) is 0 Å². The van der Waals surface area contributed by atoms with Gasteiger partial charge in [-0.05, 0) is 44.5 Å². The lowest BCUT2D eigenvalue weighted by molar-refractivity contribution is -0.142. The minimum atomic E-state index is -0.641. The molecule has 0 aliphatic carbocycles. The molecule has 1 atom stereocenters. The van der Waals surface area contributed by atoms with Gasteiger partial charge in [-0.2, -0.15) is 0 Å². The highest BCUT2D eigenvalue weighted by atomic mass is 35.5. The van der Waals surface area contributed by atoms with E-state index in [0.717, 1.165) is 11.1 Å². The van der Waals surface area contributed by atoms with E-state index in [1.807, 2.05) is 38.1 Å². The summed E-state index contributed by atoms with van der Waals surface area (Å²) in [6, 6.07) is 12.0. The summed E-state index contributed by atoms with van der Waals surface area (Å²) < 4.78 is 5.57. The molecule has 0 aliphatic heterocycles. The van der Waals surface area contributed by atoms with Crippen LogP contribution in [-0.4, -0.2) is 35.9 Å². The second kappa shape index (κ2) is 10.3. The molecule has 7 heteroatoms. The van der Waals surface area contributed by atoms with Gasteiger partial charge in [-0.3, -0.25) is 9.59 Å². The van der Waals surface area contributed by atoms with E-state index < -0.39 is 6.04 Å². The van der Waals surface area contributed by atoms with Crippen LogP contribution in [0.15, 0.2) is 42.5 Å². The highest BCUT2D eigenvalue weighted by Gasteiger charge is 2.26. The van der Waals surface area contributed by atoms with Crippen molar-refractivity contribution in [3.8, 4) is 5.75 Å². The number of hydrogen-bond acceptors (Lipinski definition) is 3. The fourth-order valence-corrected chi connectivity index (χ4v) is 3.19. The largest absolute Gasteiger partial charge is 0.482 e. The lowest BCUT2D eigenvalue weighted by Crippen LogP contribution is -2.49. The highest BCUT2D eigenvalue weighted by molar-refractivity contribution is 6.35. The molecule has 0 aliphatic rings. The zero-order valence-corrected chi connectivity index (χ0v) is 17.7. The minimum absolute atomic E-state index is 0.215. The van der Waals surface area contributed by atoms with Gasteiger partial charge in [0.1, 0.15) is 11.8 Å². The molecule has 0 fully saturated rings. The summed E-state index contributed by atoms with van der Waals surface area (Å²) in [6.45, 7) is 6.07. The molecule has 0 spiro atoms. The summed E-state index contributed by atoms with van der Waals surface area (Å²) >= 11 is 12.0. The molecule has 0 saturated carbocycles. The van der Waals surface area contributed by atoms with E-state index in [0.29, 0.717) is 28.9 Å². The first kappa shape index (κ1) is 22.1. The molecule has 2 aromatic rings. The van der Waals surface area contributed by atoms with Gasteiger partial charge in [0.2, 0.25) is 5.91 Å². The third-order valence-corrected chi connectivity index (χ3v) is 4.73. The predicted molar refractivity (Wildman–Crippen MR) is 112 cm³/mol. The quantitative estimate of drug-likeness (QED) is 0.691. The molecule has 0 radical (unpaired) electrons. The number of rotatable bonds is 8. The van der Waals surface area contributed by atoms with E-state index in [1.54, 1.807) is 25.1 Å². The van der Waals surface area contributed by atoms with Crippen molar-refractivity contribution in [2.45, 2.75) is 33.4 Å². The number of carbonyl (C=O) groups excluding carboxylic acids is 2. The Morgan fingerprint density at radius 1 is 1.18 bits per heavy atom. The molecule has 0 aromatic heterocycles. The first-order valence-corrected chi connectivity index (χ1v) is 9.78. The molecule has 2 amide bonds. The Bertz CT molecular complexity index is 842. The van der Waals surface area contributed by atoms with Crippen molar-refractivity contribution in [3.63, 3.8) is 0 Å². The van der Waals surface area contributed by atoms with Gasteiger partial charge in [-0.15, -0.1) is 0 Å². The first-order chi connectivity index (χ1) is 13.3. The third kappa shape index (κ3) is 6.14. The van der Waals surface area contributed by atoms with E-state index in [2.05, 4.69) is 5.32 Å². The number of carbonyl (C=O) groups is 2. The van der Waals surface area contributed by atoms with E-state index in [4.69, 9.17) is 27.9 Å². The maximum absolute atomic E-state index is 12.9. The van der Waals surface area contributed by atoms with E-state index in [1.165, 1.54) is 4.90 Å². The van der Waals surface area contributed by atoms with Crippen LogP contribution >= 0.6 is 23.2 Å². The average molecular weight is 423 g/mol. The van der Waals surface area contributed by atoms with Crippen molar-refractivity contribution in [3.05, 3.63) is 63.6 Å². The van der Waals surface area contributed by atoms with E-state index >= 15 is 0 Å². The van der Waals surface area contributed by atoms with Crippen LogP contribution in [0.2, 0.25) is 10.0 Å². The highest BCUT2D eigenvalue weighted by Crippen LogP contribution is 2.27. The van der Waals surface area contributed by atoms with Crippen molar-refractivity contribution in [2.24, 2.45) is 0 Å². The van der Waals surface area contributed by atoms with Crippen LogP contribution in [0.3, 0.4) is 0 Å². The number of ether oxygens (including phenoxy) is 1. The van der Waals surface area contributed by atoms with Crippen molar-refractivity contribution in [1.29, 1.82) is 0 Å². The average Bonchev–Trinajstić information content (AvgIpc) is 2.65. The van der Waals surface area contributed by atoms with Crippen molar-refractivity contribution >= 4 is 35.0 Å². The Hall–Kier alpha value is -2.24. The number of benzene rings is 2. The second-order valence-corrected chi connectivity index (χ2v) is 7.29. The maximum atomic E-state index is 12.9. The third-order valence-electron chi connectivity index (χ3n) is 4.20. The molecule has 0 unspecified atom stereocenters. The maximum Gasteiger partial charge on any atom is 0.261 e. The standard InChI is InChI=1S/C21H24Cl2N2O3/c1-4-24-21(27)15(3)25(12-16-7-5-6-14(2)10-16)20(26)13-28-19-9-8-17(22)11-18(19)23/h5-11,15H,4,12-13H2,1-3H3,(H,24,27)/t15-/m1/s1. The number of hydrogen-bond donors (Lipinski definition) is 1. The zero-order chi connectivity index (χ0) is 20.7. The van der Waals surface area contributed by atoms with Crippen LogP contribution < -0.4 is 10.1 Å². The SMILES string of the molecule is CCNC(=O)[C@@H](C)N(Cc1cccc(C)c1)C(=O)COc1ccc(Cl)cc1Cl. The Morgan fingerprint density at radius 2 is 1.93 bits per heavy atom. The van der Waals surface area contributed by atoms with Gasteiger partial charge >= 0.3 is 0 Å². The monoisotopic (exact) mass is 422 g/mol. The van der Waals surface area contributed by atoms with Crippen LogP contribution in [0, 0.1) is 6.92 Å². The Balaban J connectivity index is 2.16. The first-order valence-electron chi connectivity index (χ1n) is 9.02.